The molecule has 0 spiro atoms. The first-order chi connectivity index (χ1) is 8.58. The summed E-state index contributed by atoms with van der Waals surface area (Å²) in [6.07, 6.45) is 1.40. The Morgan fingerprint density at radius 2 is 2.11 bits per heavy atom. The quantitative estimate of drug-likeness (QED) is 0.923. The molecule has 2 aromatic rings. The number of aliphatic carboxylic acids is 1. The summed E-state index contributed by atoms with van der Waals surface area (Å²) in [5, 5.41) is 13.3. The van der Waals surface area contributed by atoms with Crippen LogP contribution in [0.5, 0.6) is 0 Å². The van der Waals surface area contributed by atoms with E-state index in [1.54, 1.807) is 4.68 Å². The second kappa shape index (κ2) is 5.23. The summed E-state index contributed by atoms with van der Waals surface area (Å²) in [4.78, 5) is 10.6. The Labute approximate surface area is 110 Å². The molecule has 0 aliphatic rings. The molecule has 94 valence electrons. The maximum atomic E-state index is 10.6. The zero-order valence-corrected chi connectivity index (χ0v) is 10.7. The number of hydrogen-bond acceptors (Lipinski definition) is 2. The van der Waals surface area contributed by atoms with E-state index >= 15 is 0 Å². The van der Waals surface area contributed by atoms with Crippen LogP contribution in [0.2, 0.25) is 5.15 Å². The Hall–Kier alpha value is -1.81. The van der Waals surface area contributed by atoms with Gasteiger partial charge < -0.3 is 5.11 Å². The zero-order valence-electron chi connectivity index (χ0n) is 9.93. The van der Waals surface area contributed by atoms with Crippen LogP contribution in [0.3, 0.4) is 0 Å². The molecule has 0 fully saturated rings. The van der Waals surface area contributed by atoms with Crippen LogP contribution in [-0.4, -0.2) is 20.9 Å². The van der Waals surface area contributed by atoms with E-state index in [4.69, 9.17) is 16.7 Å². The van der Waals surface area contributed by atoms with Gasteiger partial charge in [-0.3, -0.25) is 4.79 Å². The van der Waals surface area contributed by atoms with E-state index in [1.807, 2.05) is 31.2 Å². The summed E-state index contributed by atoms with van der Waals surface area (Å²) in [7, 11) is 0. The topological polar surface area (TPSA) is 55.1 Å². The molecular weight excluding hydrogens is 252 g/mol. The van der Waals surface area contributed by atoms with Crippen LogP contribution in [0.4, 0.5) is 0 Å². The predicted molar refractivity (Wildman–Crippen MR) is 68.9 cm³/mol. The number of rotatable bonds is 4. The fourth-order valence-corrected chi connectivity index (χ4v) is 1.97. The summed E-state index contributed by atoms with van der Waals surface area (Å²) in [6, 6.07) is 7.95. The van der Waals surface area contributed by atoms with Crippen molar-refractivity contribution in [2.75, 3.05) is 0 Å². The lowest BCUT2D eigenvalue weighted by Gasteiger charge is -2.06. The molecule has 0 aliphatic carbocycles. The molecule has 1 heterocycles. The first kappa shape index (κ1) is 12.6. The second-order valence-corrected chi connectivity index (χ2v) is 4.47. The van der Waals surface area contributed by atoms with Gasteiger partial charge in [-0.2, -0.15) is 5.10 Å². The van der Waals surface area contributed by atoms with Gasteiger partial charge in [0.05, 0.1) is 19.2 Å². The summed E-state index contributed by atoms with van der Waals surface area (Å²) in [5.74, 6) is -0.910. The molecule has 4 nitrogen and oxygen atoms in total. The van der Waals surface area contributed by atoms with Crippen molar-refractivity contribution in [3.8, 4) is 0 Å². The van der Waals surface area contributed by atoms with Crippen molar-refractivity contribution in [1.82, 2.24) is 9.78 Å². The van der Waals surface area contributed by atoms with Crippen LogP contribution in [0.1, 0.15) is 16.7 Å². The van der Waals surface area contributed by atoms with Gasteiger partial charge in [-0.05, 0) is 18.1 Å². The molecule has 0 atom stereocenters. The lowest BCUT2D eigenvalue weighted by atomic mass is 10.1. The highest BCUT2D eigenvalue weighted by Crippen LogP contribution is 2.18. The van der Waals surface area contributed by atoms with Gasteiger partial charge in [0.15, 0.2) is 0 Å². The van der Waals surface area contributed by atoms with E-state index < -0.39 is 5.97 Å². The number of carbonyl (C=O) groups is 1. The Balaban J connectivity index is 2.23. The molecule has 0 radical (unpaired) electrons. The Morgan fingerprint density at radius 3 is 2.78 bits per heavy atom. The zero-order chi connectivity index (χ0) is 13.1. The number of hydrogen-bond donors (Lipinski definition) is 1. The van der Waals surface area contributed by atoms with E-state index in [-0.39, 0.29) is 6.42 Å². The maximum Gasteiger partial charge on any atom is 0.307 e. The molecule has 0 bridgehead atoms. The first-order valence-electron chi connectivity index (χ1n) is 5.54. The number of halogens is 1. The number of nitrogens with zero attached hydrogens (tertiary/aromatic N) is 2. The minimum atomic E-state index is -0.910. The van der Waals surface area contributed by atoms with Gasteiger partial charge in [0.1, 0.15) is 5.15 Å². The van der Waals surface area contributed by atoms with Crippen LogP contribution in [-0.2, 0) is 17.8 Å². The minimum Gasteiger partial charge on any atom is -0.481 e. The fourth-order valence-electron chi connectivity index (χ4n) is 1.75. The third-order valence-corrected chi connectivity index (χ3v) is 3.21. The second-order valence-electron chi connectivity index (χ2n) is 4.12. The van der Waals surface area contributed by atoms with Crippen molar-refractivity contribution in [3.05, 3.63) is 52.3 Å². The first-order valence-corrected chi connectivity index (χ1v) is 5.92. The van der Waals surface area contributed by atoms with Crippen LogP contribution >= 0.6 is 11.6 Å². The van der Waals surface area contributed by atoms with Gasteiger partial charge >= 0.3 is 5.97 Å². The van der Waals surface area contributed by atoms with Gasteiger partial charge in [0.2, 0.25) is 0 Å². The molecular formula is C13H13ClN2O2. The number of aromatic nitrogens is 2. The third kappa shape index (κ3) is 2.71. The summed E-state index contributed by atoms with van der Waals surface area (Å²) >= 11 is 6.11. The molecule has 0 saturated heterocycles. The third-order valence-electron chi connectivity index (χ3n) is 2.77. The summed E-state index contributed by atoms with van der Waals surface area (Å²) in [6.45, 7) is 2.57. The Bertz CT molecular complexity index is 578. The van der Waals surface area contributed by atoms with E-state index in [1.165, 1.54) is 6.20 Å². The van der Waals surface area contributed by atoms with E-state index in [9.17, 15) is 4.79 Å². The molecule has 18 heavy (non-hydrogen) atoms. The van der Waals surface area contributed by atoms with Gasteiger partial charge in [0, 0.05) is 5.56 Å². The molecule has 0 amide bonds. The molecule has 1 N–H and O–H groups in total. The van der Waals surface area contributed by atoms with Crippen molar-refractivity contribution >= 4 is 17.6 Å². The van der Waals surface area contributed by atoms with Gasteiger partial charge in [-0.25, -0.2) is 4.68 Å². The SMILES string of the molecule is Cc1ccccc1Cn1ncc(CC(=O)O)c1Cl. The lowest BCUT2D eigenvalue weighted by molar-refractivity contribution is -0.136. The molecule has 5 heteroatoms. The number of aryl methyl sites for hydroxylation is 1. The van der Waals surface area contributed by atoms with Gasteiger partial charge in [0.25, 0.3) is 0 Å². The van der Waals surface area contributed by atoms with E-state index in [0.717, 1.165) is 11.1 Å². The van der Waals surface area contributed by atoms with E-state index in [2.05, 4.69) is 5.10 Å². The number of benzene rings is 1. The monoisotopic (exact) mass is 264 g/mol. The molecule has 0 saturated carbocycles. The molecule has 1 aromatic carbocycles. The van der Waals surface area contributed by atoms with Gasteiger partial charge in [-0.1, -0.05) is 35.9 Å². The average Bonchev–Trinajstić information content (AvgIpc) is 2.64. The summed E-state index contributed by atoms with van der Waals surface area (Å²) < 4.78 is 1.61. The smallest absolute Gasteiger partial charge is 0.307 e. The average molecular weight is 265 g/mol. The Kier molecular flexibility index (Phi) is 3.67. The van der Waals surface area contributed by atoms with E-state index in [0.29, 0.717) is 17.3 Å². The van der Waals surface area contributed by atoms with Crippen LogP contribution in [0, 0.1) is 6.92 Å². The Morgan fingerprint density at radius 1 is 1.39 bits per heavy atom. The van der Waals surface area contributed by atoms with Crippen molar-refractivity contribution in [2.24, 2.45) is 0 Å². The highest BCUT2D eigenvalue weighted by Gasteiger charge is 2.12. The van der Waals surface area contributed by atoms with Crippen LogP contribution in [0.15, 0.2) is 30.5 Å². The molecule has 0 aliphatic heterocycles. The summed E-state index contributed by atoms with van der Waals surface area (Å²) in [5.41, 5.74) is 2.81. The van der Waals surface area contributed by atoms with Crippen molar-refractivity contribution in [2.45, 2.75) is 19.9 Å². The molecule has 1 aromatic heterocycles. The van der Waals surface area contributed by atoms with Crippen LogP contribution in [0.25, 0.3) is 0 Å². The molecule has 2 rings (SSSR count). The maximum absolute atomic E-state index is 10.6. The fraction of sp³-hybridized carbons (Fsp3) is 0.231. The normalized spacial score (nSPS) is 10.6. The number of carboxylic acids is 1. The lowest BCUT2D eigenvalue weighted by Crippen LogP contribution is -2.04. The largest absolute Gasteiger partial charge is 0.481 e. The standard InChI is InChI=1S/C13H13ClN2O2/c1-9-4-2-3-5-10(9)8-16-13(14)11(7-15-16)6-12(17)18/h2-5,7H,6,8H2,1H3,(H,17,18). The van der Waals surface area contributed by atoms with Crippen molar-refractivity contribution in [1.29, 1.82) is 0 Å². The predicted octanol–water partition coefficient (Wildman–Crippen LogP) is 2.52. The van der Waals surface area contributed by atoms with Crippen molar-refractivity contribution in [3.63, 3.8) is 0 Å². The minimum absolute atomic E-state index is 0.105. The number of carboxylic acid groups (broad SMARTS) is 1. The highest BCUT2D eigenvalue weighted by molar-refractivity contribution is 6.30. The van der Waals surface area contributed by atoms with Crippen molar-refractivity contribution < 1.29 is 9.90 Å². The van der Waals surface area contributed by atoms with Gasteiger partial charge in [-0.15, -0.1) is 0 Å². The highest BCUT2D eigenvalue weighted by atomic mass is 35.5. The van der Waals surface area contributed by atoms with Crippen LogP contribution < -0.4 is 0 Å². The molecule has 0 unspecified atom stereocenters.